The van der Waals surface area contributed by atoms with Crippen LogP contribution in [0.4, 0.5) is 4.79 Å². The Morgan fingerprint density at radius 3 is 2.23 bits per heavy atom. The zero-order valence-corrected chi connectivity index (χ0v) is 24.8. The van der Waals surface area contributed by atoms with Crippen LogP contribution in [0.2, 0.25) is 0 Å². The Kier molecular flexibility index (Phi) is 8.25. The molecule has 8 nitrogen and oxygen atoms in total. The van der Waals surface area contributed by atoms with Gasteiger partial charge in [-0.05, 0) is 68.0 Å². The lowest BCUT2D eigenvalue weighted by atomic mass is 9.76. The summed E-state index contributed by atoms with van der Waals surface area (Å²) in [6.45, 7) is 5.72. The van der Waals surface area contributed by atoms with E-state index in [1.165, 1.54) is 11.8 Å². The third-order valence-electron chi connectivity index (χ3n) is 9.25. The minimum absolute atomic E-state index is 0.0732. The summed E-state index contributed by atoms with van der Waals surface area (Å²) < 4.78 is 23.4. The summed E-state index contributed by atoms with van der Waals surface area (Å²) in [4.78, 5) is 34.8. The van der Waals surface area contributed by atoms with Crippen molar-refractivity contribution >= 4 is 21.8 Å². The first-order valence-corrected chi connectivity index (χ1v) is 16.3. The Labute approximate surface area is 238 Å². The van der Waals surface area contributed by atoms with Crippen molar-refractivity contribution in [2.24, 2.45) is 11.3 Å². The van der Waals surface area contributed by atoms with Crippen LogP contribution in [0.15, 0.2) is 59.5 Å². The molecule has 3 aliphatic rings. The summed E-state index contributed by atoms with van der Waals surface area (Å²) in [5.74, 6) is 0.965. The van der Waals surface area contributed by atoms with Gasteiger partial charge in [-0.25, -0.2) is 13.2 Å². The van der Waals surface area contributed by atoms with Gasteiger partial charge in [0.1, 0.15) is 0 Å². The van der Waals surface area contributed by atoms with Crippen molar-refractivity contribution in [3.05, 3.63) is 65.7 Å². The van der Waals surface area contributed by atoms with Crippen molar-refractivity contribution in [1.82, 2.24) is 19.6 Å². The Bertz CT molecular complexity index is 1300. The minimum Gasteiger partial charge on any atom is -0.342 e. The van der Waals surface area contributed by atoms with Gasteiger partial charge in [0.25, 0.3) is 0 Å². The van der Waals surface area contributed by atoms with Crippen molar-refractivity contribution < 1.29 is 18.0 Å². The van der Waals surface area contributed by atoms with Gasteiger partial charge in [0, 0.05) is 59.0 Å². The molecule has 1 spiro atoms. The molecule has 3 aliphatic heterocycles. The summed E-state index contributed by atoms with van der Waals surface area (Å²) in [6.07, 6.45) is 4.62. The maximum Gasteiger partial charge on any atom is 0.319 e. The zero-order valence-electron chi connectivity index (χ0n) is 24.0. The molecule has 0 bridgehead atoms. The quantitative estimate of drug-likeness (QED) is 0.514. The van der Waals surface area contributed by atoms with Gasteiger partial charge in [-0.3, -0.25) is 4.79 Å². The van der Waals surface area contributed by atoms with Crippen molar-refractivity contribution in [1.29, 1.82) is 0 Å². The smallest absolute Gasteiger partial charge is 0.319 e. The van der Waals surface area contributed by atoms with Crippen LogP contribution in [-0.2, 0) is 21.1 Å². The Balaban J connectivity index is 1.16. The molecule has 2 atom stereocenters. The number of carbonyl (C=O) groups is 2. The predicted octanol–water partition coefficient (Wildman–Crippen LogP) is 3.34. The highest BCUT2D eigenvalue weighted by Gasteiger charge is 2.48. The second kappa shape index (κ2) is 11.5. The van der Waals surface area contributed by atoms with E-state index in [0.717, 1.165) is 70.5 Å². The molecule has 5 rings (SSSR count). The van der Waals surface area contributed by atoms with E-state index in [2.05, 4.69) is 29.2 Å². The molecule has 216 valence electrons. The molecule has 0 unspecified atom stereocenters. The fourth-order valence-electron chi connectivity index (χ4n) is 6.81. The average Bonchev–Trinajstić information content (AvgIpc) is 3.49. The van der Waals surface area contributed by atoms with E-state index in [-0.39, 0.29) is 17.4 Å². The molecule has 0 radical (unpaired) electrons. The Morgan fingerprint density at radius 1 is 0.950 bits per heavy atom. The fraction of sp³-hybridized carbons (Fsp3) is 0.548. The van der Waals surface area contributed by atoms with Gasteiger partial charge in [0.15, 0.2) is 9.84 Å². The highest BCUT2D eigenvalue weighted by molar-refractivity contribution is 7.90. The molecule has 2 aromatic carbocycles. The van der Waals surface area contributed by atoms with Crippen LogP contribution in [0.1, 0.15) is 36.3 Å². The van der Waals surface area contributed by atoms with Crippen LogP contribution in [0.3, 0.4) is 0 Å². The van der Waals surface area contributed by atoms with Crippen LogP contribution in [0.25, 0.3) is 0 Å². The lowest BCUT2D eigenvalue weighted by Gasteiger charge is -2.39. The molecule has 9 heteroatoms. The maximum absolute atomic E-state index is 13.5. The molecule has 2 aromatic rings. The lowest BCUT2D eigenvalue weighted by molar-refractivity contribution is -0.138. The summed E-state index contributed by atoms with van der Waals surface area (Å²) in [6, 6.07) is 17.6. The molecular weight excluding hydrogens is 524 g/mol. The first-order valence-electron chi connectivity index (χ1n) is 14.4. The van der Waals surface area contributed by atoms with E-state index in [1.807, 2.05) is 42.1 Å². The molecule has 0 aliphatic carbocycles. The van der Waals surface area contributed by atoms with E-state index < -0.39 is 9.84 Å². The maximum atomic E-state index is 13.5. The molecule has 40 heavy (non-hydrogen) atoms. The van der Waals surface area contributed by atoms with E-state index in [1.54, 1.807) is 17.0 Å². The molecule has 3 saturated heterocycles. The van der Waals surface area contributed by atoms with E-state index in [4.69, 9.17) is 0 Å². The first-order chi connectivity index (χ1) is 19.1. The highest BCUT2D eigenvalue weighted by Crippen LogP contribution is 2.42. The number of amides is 3. The third-order valence-corrected chi connectivity index (χ3v) is 10.4. The van der Waals surface area contributed by atoms with Crippen LogP contribution >= 0.6 is 0 Å². The Morgan fingerprint density at radius 2 is 1.60 bits per heavy atom. The van der Waals surface area contributed by atoms with Gasteiger partial charge in [-0.15, -0.1) is 0 Å². The largest absolute Gasteiger partial charge is 0.342 e. The lowest BCUT2D eigenvalue weighted by Crippen LogP contribution is -2.46. The number of hydrogen-bond acceptors (Lipinski definition) is 5. The number of rotatable bonds is 7. The number of likely N-dealkylation sites (tertiary alicyclic amines) is 3. The van der Waals surface area contributed by atoms with Crippen LogP contribution < -0.4 is 0 Å². The molecule has 3 amide bonds. The number of carbonyl (C=O) groups excluding carboxylic acids is 2. The van der Waals surface area contributed by atoms with Crippen molar-refractivity contribution in [3.8, 4) is 0 Å². The van der Waals surface area contributed by atoms with Gasteiger partial charge in [-0.1, -0.05) is 42.5 Å². The summed E-state index contributed by atoms with van der Waals surface area (Å²) in [7, 11) is 0.421. The van der Waals surface area contributed by atoms with Crippen LogP contribution in [-0.4, -0.2) is 106 Å². The number of benzene rings is 2. The molecule has 0 N–H and O–H groups in total. The third kappa shape index (κ3) is 6.05. The normalized spacial score (nSPS) is 23.2. The average molecular weight is 567 g/mol. The van der Waals surface area contributed by atoms with Crippen molar-refractivity contribution in [2.45, 2.75) is 36.5 Å². The molecular formula is C31H42N4O4S. The number of sulfone groups is 1. The fourth-order valence-corrected chi connectivity index (χ4v) is 7.44. The van der Waals surface area contributed by atoms with Crippen molar-refractivity contribution in [2.75, 3.05) is 66.2 Å². The number of piperidine rings is 1. The van der Waals surface area contributed by atoms with Crippen molar-refractivity contribution in [3.63, 3.8) is 0 Å². The molecule has 3 fully saturated rings. The molecule has 0 aromatic heterocycles. The first kappa shape index (κ1) is 28.6. The van der Waals surface area contributed by atoms with Gasteiger partial charge >= 0.3 is 6.03 Å². The molecule has 3 heterocycles. The Hall–Kier alpha value is -2.91. The highest BCUT2D eigenvalue weighted by atomic mass is 32.2. The second-order valence-electron chi connectivity index (χ2n) is 12.1. The SMILES string of the molecule is CN(C)C(=O)N1C[C@H](CN2CCC3(CC2)CCN(CCc2ccc(S(C)(=O)=O)cc2)C3=O)[C@@H](c2ccccc2)C1. The van der Waals surface area contributed by atoms with Crippen LogP contribution in [0, 0.1) is 11.3 Å². The minimum atomic E-state index is -3.21. The number of urea groups is 1. The zero-order chi connectivity index (χ0) is 28.5. The van der Waals surface area contributed by atoms with Crippen LogP contribution in [0.5, 0.6) is 0 Å². The van der Waals surface area contributed by atoms with Gasteiger partial charge in [0.2, 0.25) is 5.91 Å². The number of nitrogens with zero attached hydrogens (tertiary/aromatic N) is 4. The standard InChI is InChI=1S/C31H42N4O4S/c1-32(2)30(37)35-22-26(28(23-35)25-7-5-4-6-8-25)21-33-18-14-31(15-19-33)16-20-34(29(31)36)17-13-24-9-11-27(12-10-24)40(3,38)39/h4-12,26,28H,13-23H2,1-3H3/t26-,28+/m0/s1. The summed E-state index contributed by atoms with van der Waals surface area (Å²) in [5.41, 5.74) is 2.09. The van der Waals surface area contributed by atoms with E-state index in [0.29, 0.717) is 23.3 Å². The molecule has 0 saturated carbocycles. The van der Waals surface area contributed by atoms with Gasteiger partial charge < -0.3 is 19.6 Å². The second-order valence-corrected chi connectivity index (χ2v) is 14.2. The van der Waals surface area contributed by atoms with E-state index in [9.17, 15) is 18.0 Å². The van der Waals surface area contributed by atoms with Gasteiger partial charge in [-0.2, -0.15) is 0 Å². The summed E-state index contributed by atoms with van der Waals surface area (Å²) in [5, 5.41) is 0. The predicted molar refractivity (Wildman–Crippen MR) is 156 cm³/mol. The topological polar surface area (TPSA) is 81.2 Å². The number of hydrogen-bond donors (Lipinski definition) is 0. The van der Waals surface area contributed by atoms with Gasteiger partial charge in [0.05, 0.1) is 10.3 Å². The van der Waals surface area contributed by atoms with E-state index >= 15 is 0 Å². The summed E-state index contributed by atoms with van der Waals surface area (Å²) >= 11 is 0. The monoisotopic (exact) mass is 566 g/mol.